The number of pyridine rings is 1. The predicted molar refractivity (Wildman–Crippen MR) is 80.6 cm³/mol. The molecule has 1 heterocycles. The number of hydrogen-bond acceptors (Lipinski definition) is 2. The normalized spacial score (nSPS) is 12.4. The molecule has 0 aliphatic heterocycles. The van der Waals surface area contributed by atoms with Gasteiger partial charge in [-0.25, -0.2) is 4.39 Å². The van der Waals surface area contributed by atoms with Crippen molar-refractivity contribution in [1.29, 1.82) is 0 Å². The summed E-state index contributed by atoms with van der Waals surface area (Å²) in [6, 6.07) is 6.60. The summed E-state index contributed by atoms with van der Waals surface area (Å²) in [6.45, 7) is 4.52. The highest BCUT2D eigenvalue weighted by molar-refractivity contribution is 6.35. The van der Waals surface area contributed by atoms with Crippen LogP contribution in [-0.2, 0) is 6.54 Å². The molecule has 0 saturated heterocycles. The largest absolute Gasteiger partial charge is 0.305 e. The summed E-state index contributed by atoms with van der Waals surface area (Å²) in [5.41, 5.74) is 2.76. The Morgan fingerprint density at radius 2 is 2.05 bits per heavy atom. The van der Waals surface area contributed by atoms with Gasteiger partial charge in [0.15, 0.2) is 0 Å². The van der Waals surface area contributed by atoms with Crippen LogP contribution >= 0.6 is 23.2 Å². The Kier molecular flexibility index (Phi) is 4.97. The maximum Gasteiger partial charge on any atom is 0.142 e. The number of nitrogens with one attached hydrogen (secondary N) is 1. The van der Waals surface area contributed by atoms with Gasteiger partial charge >= 0.3 is 0 Å². The van der Waals surface area contributed by atoms with E-state index in [9.17, 15) is 4.39 Å². The topological polar surface area (TPSA) is 24.9 Å². The van der Waals surface area contributed by atoms with E-state index in [1.165, 1.54) is 12.1 Å². The maximum absolute atomic E-state index is 13.5. The highest BCUT2D eigenvalue weighted by Gasteiger charge is 2.13. The molecular formula is C15H15Cl2FN2. The average molecular weight is 313 g/mol. The van der Waals surface area contributed by atoms with Crippen LogP contribution in [0, 0.1) is 12.7 Å². The second-order valence-corrected chi connectivity index (χ2v) is 5.47. The zero-order valence-electron chi connectivity index (χ0n) is 11.3. The van der Waals surface area contributed by atoms with E-state index in [-0.39, 0.29) is 11.1 Å². The van der Waals surface area contributed by atoms with Crippen molar-refractivity contribution in [1.82, 2.24) is 10.3 Å². The molecule has 0 bridgehead atoms. The van der Waals surface area contributed by atoms with Gasteiger partial charge in [-0.15, -0.1) is 0 Å². The van der Waals surface area contributed by atoms with E-state index in [4.69, 9.17) is 23.2 Å². The van der Waals surface area contributed by atoms with Gasteiger partial charge in [0.25, 0.3) is 0 Å². The standard InChI is InChI=1S/C15H15Cl2FN2/c1-9-4-3-5-19-15(9)8-20-10(2)11-6-14(18)13(17)7-12(11)16/h3-7,10,20H,8H2,1-2H3. The van der Waals surface area contributed by atoms with Crippen LogP contribution in [0.3, 0.4) is 0 Å². The number of rotatable bonds is 4. The van der Waals surface area contributed by atoms with Crippen LogP contribution in [0.2, 0.25) is 10.0 Å². The fourth-order valence-corrected chi connectivity index (χ4v) is 2.48. The number of aromatic nitrogens is 1. The van der Waals surface area contributed by atoms with Gasteiger partial charge < -0.3 is 5.32 Å². The zero-order valence-corrected chi connectivity index (χ0v) is 12.8. The highest BCUT2D eigenvalue weighted by atomic mass is 35.5. The molecule has 1 aromatic carbocycles. The van der Waals surface area contributed by atoms with Gasteiger partial charge in [-0.1, -0.05) is 29.3 Å². The molecule has 1 N–H and O–H groups in total. The van der Waals surface area contributed by atoms with E-state index in [1.807, 2.05) is 26.0 Å². The van der Waals surface area contributed by atoms with Gasteiger partial charge in [0.2, 0.25) is 0 Å². The summed E-state index contributed by atoms with van der Waals surface area (Å²) in [4.78, 5) is 4.31. The third-order valence-electron chi connectivity index (χ3n) is 3.20. The molecule has 0 spiro atoms. The van der Waals surface area contributed by atoms with Gasteiger partial charge in [-0.2, -0.15) is 0 Å². The summed E-state index contributed by atoms with van der Waals surface area (Å²) in [5.74, 6) is -0.464. The lowest BCUT2D eigenvalue weighted by Gasteiger charge is -2.16. The Morgan fingerprint density at radius 3 is 2.75 bits per heavy atom. The Balaban J connectivity index is 2.11. The van der Waals surface area contributed by atoms with Gasteiger partial charge in [-0.3, -0.25) is 4.98 Å². The summed E-state index contributed by atoms with van der Waals surface area (Å²) in [6.07, 6.45) is 1.75. The summed E-state index contributed by atoms with van der Waals surface area (Å²) in [5, 5.41) is 3.77. The minimum Gasteiger partial charge on any atom is -0.305 e. The Bertz CT molecular complexity index is 617. The SMILES string of the molecule is Cc1cccnc1CNC(C)c1cc(F)c(Cl)cc1Cl. The van der Waals surface area contributed by atoms with Crippen LogP contribution < -0.4 is 5.32 Å². The molecule has 1 aromatic heterocycles. The van der Waals surface area contributed by atoms with Crippen LogP contribution in [0.4, 0.5) is 4.39 Å². The molecule has 20 heavy (non-hydrogen) atoms. The molecule has 0 saturated carbocycles. The number of aryl methyl sites for hydroxylation is 1. The first kappa shape index (κ1) is 15.2. The van der Waals surface area contributed by atoms with Crippen LogP contribution in [-0.4, -0.2) is 4.98 Å². The Labute approximate surface area is 127 Å². The molecule has 2 rings (SSSR count). The Morgan fingerprint density at radius 1 is 1.30 bits per heavy atom. The highest BCUT2D eigenvalue weighted by Crippen LogP contribution is 2.28. The molecule has 106 valence electrons. The van der Waals surface area contributed by atoms with Crippen LogP contribution in [0.15, 0.2) is 30.5 Å². The van der Waals surface area contributed by atoms with Crippen molar-refractivity contribution in [3.63, 3.8) is 0 Å². The third kappa shape index (κ3) is 3.48. The molecule has 2 aromatic rings. The number of halogens is 3. The zero-order chi connectivity index (χ0) is 14.7. The van der Waals surface area contributed by atoms with Gasteiger partial charge in [0, 0.05) is 23.8 Å². The van der Waals surface area contributed by atoms with Crippen molar-refractivity contribution in [2.45, 2.75) is 26.4 Å². The summed E-state index contributed by atoms with van der Waals surface area (Å²) in [7, 11) is 0. The molecular weight excluding hydrogens is 298 g/mol. The van der Waals surface area contributed by atoms with E-state index in [0.29, 0.717) is 17.1 Å². The first-order chi connectivity index (χ1) is 9.49. The lowest BCUT2D eigenvalue weighted by molar-refractivity contribution is 0.558. The van der Waals surface area contributed by atoms with Gasteiger partial charge in [0.1, 0.15) is 5.82 Å². The molecule has 0 aliphatic rings. The van der Waals surface area contributed by atoms with Crippen molar-refractivity contribution in [2.75, 3.05) is 0 Å². The average Bonchev–Trinajstić information content (AvgIpc) is 2.41. The number of nitrogens with zero attached hydrogens (tertiary/aromatic N) is 1. The summed E-state index contributed by atoms with van der Waals surface area (Å²) < 4.78 is 13.5. The quantitative estimate of drug-likeness (QED) is 0.829. The smallest absolute Gasteiger partial charge is 0.142 e. The van der Waals surface area contributed by atoms with Crippen molar-refractivity contribution in [3.8, 4) is 0 Å². The van der Waals surface area contributed by atoms with Crippen molar-refractivity contribution in [2.24, 2.45) is 0 Å². The first-order valence-electron chi connectivity index (χ1n) is 6.27. The number of benzene rings is 1. The third-order valence-corrected chi connectivity index (χ3v) is 3.82. The van der Waals surface area contributed by atoms with Crippen LogP contribution in [0.25, 0.3) is 0 Å². The predicted octanol–water partition coefficient (Wildman–Crippen LogP) is 4.69. The molecule has 0 amide bonds. The van der Waals surface area contributed by atoms with Crippen LogP contribution in [0.1, 0.15) is 29.8 Å². The first-order valence-corrected chi connectivity index (χ1v) is 7.03. The molecule has 5 heteroatoms. The maximum atomic E-state index is 13.5. The van der Waals surface area contributed by atoms with E-state index < -0.39 is 5.82 Å². The van der Waals surface area contributed by atoms with Crippen LogP contribution in [0.5, 0.6) is 0 Å². The van der Waals surface area contributed by atoms with Crippen molar-refractivity contribution in [3.05, 3.63) is 63.1 Å². The molecule has 0 radical (unpaired) electrons. The van der Waals surface area contributed by atoms with E-state index in [0.717, 1.165) is 11.3 Å². The fourth-order valence-electron chi connectivity index (χ4n) is 1.93. The van der Waals surface area contributed by atoms with E-state index in [2.05, 4.69) is 10.3 Å². The van der Waals surface area contributed by atoms with Gasteiger partial charge in [-0.05, 0) is 43.2 Å². The minimum absolute atomic E-state index is 0.0338. The Hall–Kier alpha value is -1.16. The van der Waals surface area contributed by atoms with E-state index >= 15 is 0 Å². The molecule has 1 atom stereocenters. The molecule has 0 fully saturated rings. The van der Waals surface area contributed by atoms with Gasteiger partial charge in [0.05, 0.1) is 10.7 Å². The molecule has 1 unspecified atom stereocenters. The fraction of sp³-hybridized carbons (Fsp3) is 0.267. The monoisotopic (exact) mass is 312 g/mol. The second-order valence-electron chi connectivity index (χ2n) is 4.66. The van der Waals surface area contributed by atoms with Crippen molar-refractivity contribution >= 4 is 23.2 Å². The minimum atomic E-state index is -0.464. The second kappa shape index (κ2) is 6.53. The van der Waals surface area contributed by atoms with Crippen molar-refractivity contribution < 1.29 is 4.39 Å². The molecule has 0 aliphatic carbocycles. The lowest BCUT2D eigenvalue weighted by Crippen LogP contribution is -2.20. The van der Waals surface area contributed by atoms with E-state index in [1.54, 1.807) is 6.20 Å². The lowest BCUT2D eigenvalue weighted by atomic mass is 10.1. The number of hydrogen-bond donors (Lipinski definition) is 1. The molecule has 2 nitrogen and oxygen atoms in total. The summed E-state index contributed by atoms with van der Waals surface area (Å²) >= 11 is 11.8.